The highest BCUT2D eigenvalue weighted by molar-refractivity contribution is 7.80. The number of carboxylic acid groups (broad SMARTS) is 1. The molecule has 128 heavy (non-hydrogen) atoms. The Morgan fingerprint density at radius 1 is 0.383 bits per heavy atom. The van der Waals surface area contributed by atoms with Crippen molar-refractivity contribution in [1.82, 2.24) is 79.1 Å². The number of carbonyl (C=O) groups excluding carboxylic acids is 17. The second-order valence-corrected chi connectivity index (χ2v) is 32.3. The lowest BCUT2D eigenvalue weighted by molar-refractivity contribution is -0.139. The van der Waals surface area contributed by atoms with Gasteiger partial charge in [0.25, 0.3) is 0 Å². The van der Waals surface area contributed by atoms with Crippen molar-refractivity contribution in [3.63, 3.8) is 0 Å². The van der Waals surface area contributed by atoms with Crippen molar-refractivity contribution in [2.75, 3.05) is 24.6 Å². The first-order valence-corrected chi connectivity index (χ1v) is 44.3. The van der Waals surface area contributed by atoms with Gasteiger partial charge in [-0.15, -0.1) is 0 Å². The molecule has 0 saturated heterocycles. The van der Waals surface area contributed by atoms with E-state index >= 15 is 9.59 Å². The van der Waals surface area contributed by atoms with Gasteiger partial charge in [0.05, 0.1) is 19.1 Å². The first-order chi connectivity index (χ1) is 61.0. The molecular formula is C86H125N19O21S2. The lowest BCUT2D eigenvalue weighted by Gasteiger charge is -2.29. The third-order valence-corrected chi connectivity index (χ3v) is 21.7. The molecule has 42 heteroatoms. The largest absolute Gasteiger partial charge is 0.508 e. The van der Waals surface area contributed by atoms with Crippen LogP contribution in [-0.2, 0) is 106 Å². The minimum absolute atomic E-state index is 0.0847. The Bertz CT molecular complexity index is 4590. The molecular weight excluding hydrogens is 1700 g/mol. The summed E-state index contributed by atoms with van der Waals surface area (Å²) in [6, 6.07) is 0.258. The number of unbranched alkanes of at least 4 members (excludes halogenated alkanes) is 13. The summed E-state index contributed by atoms with van der Waals surface area (Å²) in [5.74, 6) is -19.4. The van der Waals surface area contributed by atoms with Gasteiger partial charge in [0.15, 0.2) is 0 Å². The summed E-state index contributed by atoms with van der Waals surface area (Å²) in [7, 11) is 0. The van der Waals surface area contributed by atoms with Gasteiger partial charge < -0.3 is 117 Å². The van der Waals surface area contributed by atoms with E-state index in [4.69, 9.17) is 22.9 Å². The van der Waals surface area contributed by atoms with Crippen LogP contribution in [0.15, 0.2) is 85.2 Å². The quantitative estimate of drug-likeness (QED) is 0.0174. The highest BCUT2D eigenvalue weighted by atomic mass is 32.1. The Morgan fingerprint density at radius 2 is 0.766 bits per heavy atom. The van der Waals surface area contributed by atoms with Gasteiger partial charge in [0, 0.05) is 104 Å². The van der Waals surface area contributed by atoms with E-state index in [0.29, 0.717) is 44.9 Å². The molecule has 0 spiro atoms. The molecule has 2 aromatic heterocycles. The number of nitrogens with two attached hydrogens (primary N) is 4. The van der Waals surface area contributed by atoms with Gasteiger partial charge in [0.2, 0.25) is 100 Å². The number of thiol groups is 2. The van der Waals surface area contributed by atoms with E-state index in [0.717, 1.165) is 39.5 Å². The fourth-order valence-corrected chi connectivity index (χ4v) is 14.5. The summed E-state index contributed by atoms with van der Waals surface area (Å²) >= 11 is 8.49. The maximum Gasteiger partial charge on any atom is 0.303 e. The minimum Gasteiger partial charge on any atom is -0.508 e. The molecule has 0 saturated carbocycles. The smallest absolute Gasteiger partial charge is 0.303 e. The number of phenolic OH excluding ortho intramolecular Hbond substituents is 1. The van der Waals surface area contributed by atoms with Crippen molar-refractivity contribution in [2.45, 2.75) is 267 Å². The molecule has 12 atom stereocenters. The number of hydrogen-bond acceptors (Lipinski definition) is 22. The van der Waals surface area contributed by atoms with Crippen LogP contribution in [-0.4, -0.2) is 229 Å². The standard InChI is InChI=1S/C86H125N19O21S2/c1-4-5-6-7-8-9-10-11-12-13-14-15-16-28-73(113)91-39-22-21-27-59(77(117)97-62(35-38-74(114)115)78(118)102-66(43-71(89)111)76(116)94-46-72(90)112)96-82(122)64(41-52-44-92-57-25-19-17-23-55(52)57)101-81(121)63(40-51-29-31-54(108)32-30-51)100-85(125)68(48-128)104-79(119)60(33-36-69(87)109)98-83(123)65(42-53-45-93-58-26-20-18-24-56(53)58)103-86(126)75(49(2)106)105-80(120)61(34-37-70(88)110)99-84(124)67(47-127)95-50(3)107/h17-20,23-26,29-32,44-45,49,59-68,75,92-93,106,108,127-128H,4-16,21-22,27-28,33-43,46-48H2,1-3H3,(H2,87,109)(H2,88,110)(H2,89,111)(H2,90,112)(H,91,113)(H,94,116)(H,95,107)(H,96,122)(H,97,117)(H,98,123)(H,99,124)(H,100,125)(H,101,121)(H,102,118)(H,103,126)(H,104,119)(H,105,120)(H,114,115)/t49-,59+,60+,61+,62+,63+,64+,65+,66+,67+,68+,75+/m1/s1. The number of amides is 17. The molecule has 2 heterocycles. The third kappa shape index (κ3) is 38.9. The second kappa shape index (κ2) is 56.7. The van der Waals surface area contributed by atoms with E-state index in [-0.39, 0.29) is 62.5 Å². The van der Waals surface area contributed by atoms with Crippen LogP contribution in [0.25, 0.3) is 21.8 Å². The lowest BCUT2D eigenvalue weighted by Crippen LogP contribution is -2.62. The highest BCUT2D eigenvalue weighted by Crippen LogP contribution is 2.23. The van der Waals surface area contributed by atoms with E-state index in [1.807, 2.05) is 0 Å². The van der Waals surface area contributed by atoms with Gasteiger partial charge in [0.1, 0.15) is 72.2 Å². The Balaban J connectivity index is 1.47. The molecule has 0 bridgehead atoms. The zero-order valence-electron chi connectivity index (χ0n) is 72.3. The van der Waals surface area contributed by atoms with Crippen molar-refractivity contribution in [1.29, 1.82) is 0 Å². The van der Waals surface area contributed by atoms with E-state index in [9.17, 15) is 92.0 Å². The van der Waals surface area contributed by atoms with Gasteiger partial charge in [-0.25, -0.2) is 0 Å². The second-order valence-electron chi connectivity index (χ2n) is 31.5. The third-order valence-electron chi connectivity index (χ3n) is 21.0. The average Bonchev–Trinajstić information content (AvgIpc) is 1.66. The number of aromatic amines is 2. The SMILES string of the molecule is CCCCCCCCCCCCCCCC(=O)NCCCC[C@H](NC(=O)[C@H](Cc1c[nH]c2ccccc12)NC(=O)[C@H](Cc1ccc(O)cc1)NC(=O)[C@H](CS)NC(=O)[C@H](CCC(N)=O)NC(=O)[C@H](Cc1c[nH]c2ccccc12)NC(=O)[C@@H](NC(=O)[C@H](CCC(N)=O)NC(=O)[C@H](CS)NC(C)=O)[C@@H](C)O)C(=O)N[C@@H](CCC(=O)O)C(=O)N[C@@H](CC(N)=O)C(=O)NCC(N)=O. The number of carbonyl (C=O) groups is 18. The van der Waals surface area contributed by atoms with Gasteiger partial charge in [-0.1, -0.05) is 133 Å². The molecule has 5 rings (SSSR count). The maximum atomic E-state index is 15.4. The van der Waals surface area contributed by atoms with Crippen LogP contribution in [0.5, 0.6) is 5.75 Å². The predicted octanol–water partition coefficient (Wildman–Crippen LogP) is -0.384. The van der Waals surface area contributed by atoms with Crippen molar-refractivity contribution >= 4 is 153 Å². The van der Waals surface area contributed by atoms with Gasteiger partial charge in [-0.2, -0.15) is 25.3 Å². The van der Waals surface area contributed by atoms with E-state index in [2.05, 4.69) is 111 Å². The minimum atomic E-state index is -1.93. The van der Waals surface area contributed by atoms with Crippen LogP contribution in [0, 0.1) is 0 Å². The molecule has 5 aromatic rings. The van der Waals surface area contributed by atoms with Gasteiger partial charge in [-0.3, -0.25) is 86.3 Å². The summed E-state index contributed by atoms with van der Waals surface area (Å²) < 4.78 is 0. The van der Waals surface area contributed by atoms with E-state index in [1.165, 1.54) is 81.8 Å². The van der Waals surface area contributed by atoms with Gasteiger partial charge in [-0.05, 0) is 92.8 Å². The van der Waals surface area contributed by atoms with Crippen LogP contribution >= 0.6 is 25.3 Å². The monoisotopic (exact) mass is 1820 g/mol. The van der Waals surface area contributed by atoms with E-state index < -0.39 is 237 Å². The number of para-hydroxylation sites is 2. The van der Waals surface area contributed by atoms with Gasteiger partial charge >= 0.3 is 5.97 Å². The predicted molar refractivity (Wildman–Crippen MR) is 479 cm³/mol. The fourth-order valence-electron chi connectivity index (χ4n) is 14.0. The topological polar surface area (TPSA) is 660 Å². The van der Waals surface area contributed by atoms with Crippen molar-refractivity contribution in [3.8, 4) is 5.75 Å². The van der Waals surface area contributed by atoms with Crippen molar-refractivity contribution in [3.05, 3.63) is 102 Å². The van der Waals surface area contributed by atoms with Crippen LogP contribution in [0.4, 0.5) is 0 Å². The number of aliphatic hydroxyl groups is 1. The Kier molecular flexibility index (Phi) is 47.0. The number of aromatic hydroxyl groups is 1. The van der Waals surface area contributed by atoms with Crippen LogP contribution < -0.4 is 92.1 Å². The zero-order valence-corrected chi connectivity index (χ0v) is 74.1. The molecule has 40 nitrogen and oxygen atoms in total. The molecule has 0 radical (unpaired) electrons. The molecule has 0 aliphatic rings. The first-order valence-electron chi connectivity index (χ1n) is 43.0. The number of aliphatic carboxylic acids is 1. The summed E-state index contributed by atoms with van der Waals surface area (Å²) in [5.41, 5.74) is 23.9. The number of benzene rings is 3. The molecule has 17 amide bonds. The molecule has 0 aliphatic heterocycles. The normalized spacial score (nSPS) is 14.0. The molecule has 0 unspecified atom stereocenters. The average molecular weight is 1830 g/mol. The summed E-state index contributed by atoms with van der Waals surface area (Å²) in [6.45, 7) is 3.82. The summed E-state index contributed by atoms with van der Waals surface area (Å²) in [4.78, 5) is 251. The first kappa shape index (κ1) is 106. The number of nitrogens with one attached hydrogen (secondary N) is 15. The number of primary amides is 4. The number of phenols is 1. The molecule has 3 aromatic carbocycles. The molecule has 26 N–H and O–H groups in total. The molecule has 0 aliphatic carbocycles. The molecule has 0 fully saturated rings. The van der Waals surface area contributed by atoms with Crippen molar-refractivity contribution in [2.24, 2.45) is 22.9 Å². The van der Waals surface area contributed by atoms with Crippen molar-refractivity contribution < 1.29 is 102 Å². The van der Waals surface area contributed by atoms with E-state index in [1.54, 1.807) is 54.7 Å². The number of aliphatic hydroxyl groups excluding tert-OH is 1. The number of fused-ring (bicyclic) bond motifs is 2. The Hall–Kier alpha value is -12.3. The number of hydrogen-bond donors (Lipinski definition) is 24. The Morgan fingerprint density at radius 3 is 1.20 bits per heavy atom. The van der Waals surface area contributed by atoms with Crippen LogP contribution in [0.1, 0.15) is 192 Å². The maximum absolute atomic E-state index is 15.4. The fraction of sp³-hybridized carbons (Fsp3) is 0.535. The molecule has 702 valence electrons. The lowest BCUT2D eigenvalue weighted by atomic mass is 10.0. The van der Waals surface area contributed by atoms with Crippen LogP contribution in [0.3, 0.4) is 0 Å². The number of carboxylic acids is 1. The number of rotatable bonds is 63. The number of H-pyrrole nitrogens is 2. The van der Waals surface area contributed by atoms with Crippen LogP contribution in [0.2, 0.25) is 0 Å². The number of aromatic nitrogens is 2. The summed E-state index contributed by atoms with van der Waals surface area (Å²) in [5, 5.41) is 64.8. The Labute approximate surface area is 752 Å². The highest BCUT2D eigenvalue weighted by Gasteiger charge is 2.39. The zero-order chi connectivity index (χ0) is 94.4. The summed E-state index contributed by atoms with van der Waals surface area (Å²) in [6.07, 6.45) is 10.7.